The first-order valence-electron chi connectivity index (χ1n) is 9.46. The number of nitrogens with zero attached hydrogens (tertiary/aromatic N) is 2. The molecule has 1 saturated heterocycles. The number of likely N-dealkylation sites (tertiary alicyclic amines) is 1. The Labute approximate surface area is 158 Å². The van der Waals surface area contributed by atoms with Crippen LogP contribution in [0.15, 0.2) is 36.5 Å². The number of benzene rings is 1. The quantitative estimate of drug-likeness (QED) is 0.845. The van der Waals surface area contributed by atoms with Crippen molar-refractivity contribution >= 4 is 0 Å². The van der Waals surface area contributed by atoms with Gasteiger partial charge < -0.3 is 14.9 Å². The summed E-state index contributed by atoms with van der Waals surface area (Å²) >= 11 is 0. The number of pyridine rings is 1. The van der Waals surface area contributed by atoms with Crippen LogP contribution in [0.2, 0.25) is 0 Å². The van der Waals surface area contributed by atoms with Crippen LogP contribution < -0.4 is 4.74 Å². The van der Waals surface area contributed by atoms with Gasteiger partial charge in [0.05, 0.1) is 18.4 Å². The van der Waals surface area contributed by atoms with E-state index < -0.39 is 17.7 Å². The highest BCUT2D eigenvalue weighted by Crippen LogP contribution is 2.40. The first-order chi connectivity index (χ1) is 13.0. The third kappa shape index (κ3) is 4.06. The second-order valence-corrected chi connectivity index (χ2v) is 7.81. The summed E-state index contributed by atoms with van der Waals surface area (Å²) in [6.07, 6.45) is 3.27. The van der Waals surface area contributed by atoms with Crippen LogP contribution in [0.5, 0.6) is 11.5 Å². The highest BCUT2D eigenvalue weighted by molar-refractivity contribution is 5.29. The number of aromatic nitrogens is 1. The third-order valence-corrected chi connectivity index (χ3v) is 5.76. The molecule has 1 saturated carbocycles. The van der Waals surface area contributed by atoms with Gasteiger partial charge in [0.2, 0.25) is 0 Å². The molecule has 2 unspecified atom stereocenters. The Bertz CT molecular complexity index is 785. The number of phenols is 1. The maximum atomic E-state index is 13.5. The highest BCUT2D eigenvalue weighted by Gasteiger charge is 2.42. The van der Waals surface area contributed by atoms with Gasteiger partial charge >= 0.3 is 0 Å². The number of β-amino-alcohol motifs (C(OH)–C–C–N with tert-alkyl or cyclic N) is 1. The van der Waals surface area contributed by atoms with E-state index in [1.165, 1.54) is 12.1 Å². The summed E-state index contributed by atoms with van der Waals surface area (Å²) in [6.45, 7) is 4.28. The molecule has 27 heavy (non-hydrogen) atoms. The van der Waals surface area contributed by atoms with Gasteiger partial charge in [0.1, 0.15) is 5.75 Å². The van der Waals surface area contributed by atoms with E-state index in [9.17, 15) is 14.6 Å². The summed E-state index contributed by atoms with van der Waals surface area (Å²) in [5, 5.41) is 19.7. The fourth-order valence-electron chi connectivity index (χ4n) is 4.38. The Balaban J connectivity index is 1.29. The molecule has 1 aromatic carbocycles. The third-order valence-electron chi connectivity index (χ3n) is 5.76. The number of aryl methyl sites for hydroxylation is 1. The molecule has 1 aliphatic carbocycles. The van der Waals surface area contributed by atoms with Gasteiger partial charge in [-0.2, -0.15) is 0 Å². The lowest BCUT2D eigenvalue weighted by atomic mass is 10.0. The first-order valence-corrected chi connectivity index (χ1v) is 9.46. The molecule has 0 bridgehead atoms. The van der Waals surface area contributed by atoms with Crippen LogP contribution in [0.3, 0.4) is 0 Å². The molecule has 1 aliphatic heterocycles. The molecule has 0 radical (unpaired) electrons. The molecule has 4 atom stereocenters. The Hall–Kier alpha value is -2.18. The van der Waals surface area contributed by atoms with Gasteiger partial charge in [-0.3, -0.25) is 9.88 Å². The standard InChI is InChI=1S/C21H25FN2O3/c1-13-2-4-17(9-23-13)27-18-6-15-10-24(11-16(15)7-18)12-21(26)14-3-5-20(25)19(22)8-14/h2-5,8-9,15-16,18,21,25-26H,6-7,10-12H2,1H3/t15-,16+,18?,21?. The molecule has 1 aromatic heterocycles. The monoisotopic (exact) mass is 372 g/mol. The zero-order chi connectivity index (χ0) is 19.0. The number of phenolic OH excluding ortho intramolecular Hbond substituents is 1. The molecule has 4 rings (SSSR count). The van der Waals surface area contributed by atoms with Crippen molar-refractivity contribution in [1.82, 2.24) is 9.88 Å². The van der Waals surface area contributed by atoms with E-state index in [1.54, 1.807) is 12.3 Å². The molecule has 0 amide bonds. The highest BCUT2D eigenvalue weighted by atomic mass is 19.1. The molecule has 2 aliphatic rings. The van der Waals surface area contributed by atoms with E-state index in [-0.39, 0.29) is 6.10 Å². The van der Waals surface area contributed by atoms with Gasteiger partial charge in [-0.05, 0) is 61.4 Å². The molecule has 6 heteroatoms. The molecule has 2 fully saturated rings. The zero-order valence-electron chi connectivity index (χ0n) is 15.4. The van der Waals surface area contributed by atoms with Crippen LogP contribution in [-0.2, 0) is 0 Å². The topological polar surface area (TPSA) is 65.8 Å². The van der Waals surface area contributed by atoms with Crippen molar-refractivity contribution in [1.29, 1.82) is 0 Å². The number of rotatable bonds is 5. The minimum atomic E-state index is -0.760. The van der Waals surface area contributed by atoms with E-state index in [0.29, 0.717) is 23.9 Å². The number of halogens is 1. The van der Waals surface area contributed by atoms with Gasteiger partial charge in [0.15, 0.2) is 11.6 Å². The number of aromatic hydroxyl groups is 1. The predicted molar refractivity (Wildman–Crippen MR) is 99.1 cm³/mol. The van der Waals surface area contributed by atoms with Crippen molar-refractivity contribution in [3.05, 3.63) is 53.6 Å². The van der Waals surface area contributed by atoms with Crippen molar-refractivity contribution in [2.75, 3.05) is 19.6 Å². The number of hydrogen-bond donors (Lipinski definition) is 2. The molecule has 0 spiro atoms. The van der Waals surface area contributed by atoms with E-state index in [2.05, 4.69) is 9.88 Å². The summed E-state index contributed by atoms with van der Waals surface area (Å²) < 4.78 is 19.6. The molecule has 5 nitrogen and oxygen atoms in total. The Morgan fingerprint density at radius 2 is 1.96 bits per heavy atom. The molecule has 2 aromatic rings. The van der Waals surface area contributed by atoms with Crippen molar-refractivity contribution in [2.24, 2.45) is 11.8 Å². The van der Waals surface area contributed by atoms with E-state index in [0.717, 1.165) is 37.4 Å². The summed E-state index contributed by atoms with van der Waals surface area (Å²) in [6, 6.07) is 7.99. The second kappa shape index (κ2) is 7.44. The number of aliphatic hydroxyl groups excluding tert-OH is 1. The summed E-state index contributed by atoms with van der Waals surface area (Å²) in [4.78, 5) is 6.52. The average Bonchev–Trinajstić information content (AvgIpc) is 3.17. The van der Waals surface area contributed by atoms with Crippen molar-refractivity contribution in [2.45, 2.75) is 32.0 Å². The SMILES string of the molecule is Cc1ccc(OC2C[C@@H]3CN(CC(O)c4ccc(O)c(F)c4)C[C@@H]3C2)cn1. The fraction of sp³-hybridized carbons (Fsp3) is 0.476. The Kier molecular flexibility index (Phi) is 5.02. The second-order valence-electron chi connectivity index (χ2n) is 7.81. The van der Waals surface area contributed by atoms with E-state index in [1.807, 2.05) is 19.1 Å². The van der Waals surface area contributed by atoms with Crippen LogP contribution >= 0.6 is 0 Å². The molecular weight excluding hydrogens is 347 g/mol. The van der Waals surface area contributed by atoms with Crippen molar-refractivity contribution in [3.8, 4) is 11.5 Å². The van der Waals surface area contributed by atoms with Crippen LogP contribution in [0, 0.1) is 24.6 Å². The minimum absolute atomic E-state index is 0.225. The van der Waals surface area contributed by atoms with Crippen LogP contribution in [0.1, 0.15) is 30.2 Å². The minimum Gasteiger partial charge on any atom is -0.505 e. The summed E-state index contributed by atoms with van der Waals surface area (Å²) in [5.74, 6) is 0.869. The van der Waals surface area contributed by atoms with Crippen molar-refractivity contribution < 1.29 is 19.3 Å². The maximum absolute atomic E-state index is 13.5. The summed E-state index contributed by atoms with van der Waals surface area (Å²) in [5.41, 5.74) is 1.48. The lowest BCUT2D eigenvalue weighted by Gasteiger charge is -2.22. The maximum Gasteiger partial charge on any atom is 0.165 e. The van der Waals surface area contributed by atoms with Gasteiger partial charge in [-0.25, -0.2) is 4.39 Å². The number of fused-ring (bicyclic) bond motifs is 1. The Morgan fingerprint density at radius 3 is 2.59 bits per heavy atom. The smallest absolute Gasteiger partial charge is 0.165 e. The van der Waals surface area contributed by atoms with Crippen LogP contribution in [-0.4, -0.2) is 45.8 Å². The largest absolute Gasteiger partial charge is 0.505 e. The lowest BCUT2D eigenvalue weighted by molar-refractivity contribution is 0.116. The number of hydrogen-bond acceptors (Lipinski definition) is 5. The fourth-order valence-corrected chi connectivity index (χ4v) is 4.38. The zero-order valence-corrected chi connectivity index (χ0v) is 15.4. The number of ether oxygens (including phenoxy) is 1. The van der Waals surface area contributed by atoms with Crippen LogP contribution in [0.4, 0.5) is 4.39 Å². The van der Waals surface area contributed by atoms with E-state index >= 15 is 0 Å². The van der Waals surface area contributed by atoms with Gasteiger partial charge in [0.25, 0.3) is 0 Å². The normalized spacial score (nSPS) is 26.1. The molecule has 2 heterocycles. The lowest BCUT2D eigenvalue weighted by Crippen LogP contribution is -2.29. The molecular formula is C21H25FN2O3. The number of aliphatic hydroxyl groups is 1. The van der Waals surface area contributed by atoms with Gasteiger partial charge in [0, 0.05) is 25.3 Å². The van der Waals surface area contributed by atoms with Crippen LogP contribution in [0.25, 0.3) is 0 Å². The van der Waals surface area contributed by atoms with E-state index in [4.69, 9.17) is 4.74 Å². The molecule has 2 N–H and O–H groups in total. The van der Waals surface area contributed by atoms with Gasteiger partial charge in [-0.1, -0.05) is 6.07 Å². The average molecular weight is 372 g/mol. The van der Waals surface area contributed by atoms with Crippen molar-refractivity contribution in [3.63, 3.8) is 0 Å². The van der Waals surface area contributed by atoms with Gasteiger partial charge in [-0.15, -0.1) is 0 Å². The first kappa shape index (κ1) is 18.2. The predicted octanol–water partition coefficient (Wildman–Crippen LogP) is 3.06. The Morgan fingerprint density at radius 1 is 1.22 bits per heavy atom. The molecule has 144 valence electrons. The summed E-state index contributed by atoms with van der Waals surface area (Å²) in [7, 11) is 0.